The third-order valence-electron chi connectivity index (χ3n) is 4.96. The fourth-order valence-corrected chi connectivity index (χ4v) is 3.57. The molecular weight excluding hydrogens is 318 g/mol. The van der Waals surface area contributed by atoms with Gasteiger partial charge >= 0.3 is 0 Å². The van der Waals surface area contributed by atoms with Crippen LogP contribution in [-0.2, 0) is 11.2 Å². The van der Waals surface area contributed by atoms with Gasteiger partial charge in [-0.25, -0.2) is 4.98 Å². The molecular formula is C19H25N3O3. The van der Waals surface area contributed by atoms with Gasteiger partial charge < -0.3 is 15.0 Å². The quantitative estimate of drug-likeness (QED) is 0.840. The number of fused-ring (bicyclic) bond motifs is 1. The molecule has 0 aliphatic heterocycles. The zero-order valence-electron chi connectivity index (χ0n) is 14.6. The number of nitrogens with one attached hydrogen (secondary N) is 1. The minimum Gasteiger partial charge on any atom is -0.388 e. The third kappa shape index (κ3) is 4.25. The fourth-order valence-electron chi connectivity index (χ4n) is 3.57. The number of carbonyl (C=O) groups is 1. The number of aryl methyl sites for hydroxylation is 1. The first-order chi connectivity index (χ1) is 12.0. The van der Waals surface area contributed by atoms with E-state index >= 15 is 0 Å². The van der Waals surface area contributed by atoms with Gasteiger partial charge in [0, 0.05) is 26.4 Å². The first kappa shape index (κ1) is 17.6. The number of nitrogens with zero attached hydrogens (tertiary/aromatic N) is 2. The van der Waals surface area contributed by atoms with E-state index in [0.717, 1.165) is 25.7 Å². The maximum atomic E-state index is 12.3. The molecule has 0 unspecified atom stereocenters. The smallest absolute Gasteiger partial charge is 0.258 e. The summed E-state index contributed by atoms with van der Waals surface area (Å²) < 4.78 is 0. The maximum Gasteiger partial charge on any atom is 0.258 e. The number of amides is 1. The molecule has 0 spiro atoms. The van der Waals surface area contributed by atoms with Gasteiger partial charge in [0.25, 0.3) is 5.56 Å². The number of rotatable bonds is 6. The number of hydrogen-bond donors (Lipinski definition) is 2. The van der Waals surface area contributed by atoms with Crippen molar-refractivity contribution in [1.29, 1.82) is 0 Å². The molecule has 1 aliphatic rings. The van der Waals surface area contributed by atoms with Crippen molar-refractivity contribution in [3.05, 3.63) is 40.4 Å². The van der Waals surface area contributed by atoms with Crippen molar-refractivity contribution in [2.24, 2.45) is 0 Å². The van der Waals surface area contributed by atoms with Crippen molar-refractivity contribution >= 4 is 16.8 Å². The zero-order valence-corrected chi connectivity index (χ0v) is 14.6. The van der Waals surface area contributed by atoms with Crippen LogP contribution in [0.3, 0.4) is 0 Å². The molecule has 1 saturated carbocycles. The van der Waals surface area contributed by atoms with Crippen molar-refractivity contribution in [3.8, 4) is 0 Å². The van der Waals surface area contributed by atoms with E-state index in [2.05, 4.69) is 9.97 Å². The average molecular weight is 343 g/mol. The lowest BCUT2D eigenvalue weighted by Gasteiger charge is -2.28. The molecule has 0 bridgehead atoms. The monoisotopic (exact) mass is 343 g/mol. The number of H-pyrrole nitrogens is 1. The summed E-state index contributed by atoms with van der Waals surface area (Å²) in [6, 6.07) is 7.23. The summed E-state index contributed by atoms with van der Waals surface area (Å²) >= 11 is 0. The standard InChI is InChI=1S/C19H25N3O3/c1-22(13-19(25)11-4-5-12-19)17(23)10-6-9-16-20-15-8-3-2-7-14(15)18(24)21-16/h2-3,7-8,25H,4-6,9-13H2,1H3,(H,20,21,24). The predicted molar refractivity (Wildman–Crippen MR) is 96.4 cm³/mol. The van der Waals surface area contributed by atoms with Gasteiger partial charge in [0.15, 0.2) is 0 Å². The van der Waals surface area contributed by atoms with E-state index in [-0.39, 0.29) is 11.5 Å². The molecule has 6 nitrogen and oxygen atoms in total. The summed E-state index contributed by atoms with van der Waals surface area (Å²) in [5.41, 5.74) is -0.184. The van der Waals surface area contributed by atoms with Gasteiger partial charge in [0.05, 0.1) is 16.5 Å². The second-order valence-electron chi connectivity index (χ2n) is 7.06. The molecule has 1 aromatic carbocycles. The zero-order chi connectivity index (χ0) is 17.9. The first-order valence-electron chi connectivity index (χ1n) is 8.91. The van der Waals surface area contributed by atoms with E-state index in [1.807, 2.05) is 18.2 Å². The van der Waals surface area contributed by atoms with E-state index in [0.29, 0.717) is 42.5 Å². The molecule has 134 valence electrons. The third-order valence-corrected chi connectivity index (χ3v) is 4.96. The Morgan fingerprint density at radius 1 is 1.32 bits per heavy atom. The van der Waals surface area contributed by atoms with Crippen LogP contribution in [0.2, 0.25) is 0 Å². The van der Waals surface area contributed by atoms with Crippen LogP contribution < -0.4 is 5.56 Å². The Hall–Kier alpha value is -2.21. The lowest BCUT2D eigenvalue weighted by Crippen LogP contribution is -2.42. The minimum atomic E-state index is -0.713. The molecule has 2 aromatic rings. The van der Waals surface area contributed by atoms with E-state index < -0.39 is 5.60 Å². The Bertz CT molecular complexity index is 809. The summed E-state index contributed by atoms with van der Waals surface area (Å²) in [5.74, 6) is 0.622. The van der Waals surface area contributed by atoms with Crippen LogP contribution >= 0.6 is 0 Å². The van der Waals surface area contributed by atoms with Crippen LogP contribution in [0.1, 0.15) is 44.3 Å². The van der Waals surface area contributed by atoms with Gasteiger partial charge in [-0.2, -0.15) is 0 Å². The molecule has 6 heteroatoms. The fraction of sp³-hybridized carbons (Fsp3) is 0.526. The summed E-state index contributed by atoms with van der Waals surface area (Å²) in [6.45, 7) is 0.400. The van der Waals surface area contributed by atoms with Gasteiger partial charge in [-0.15, -0.1) is 0 Å². The average Bonchev–Trinajstić information content (AvgIpc) is 3.01. The van der Waals surface area contributed by atoms with Gasteiger partial charge in [-0.1, -0.05) is 25.0 Å². The molecule has 3 rings (SSSR count). The van der Waals surface area contributed by atoms with E-state index in [9.17, 15) is 14.7 Å². The molecule has 0 atom stereocenters. The second-order valence-corrected chi connectivity index (χ2v) is 7.06. The first-order valence-corrected chi connectivity index (χ1v) is 8.91. The van der Waals surface area contributed by atoms with E-state index in [4.69, 9.17) is 0 Å². The van der Waals surface area contributed by atoms with Crippen molar-refractivity contribution in [2.45, 2.75) is 50.5 Å². The van der Waals surface area contributed by atoms with Crippen LogP contribution in [0.15, 0.2) is 29.1 Å². The highest BCUT2D eigenvalue weighted by Crippen LogP contribution is 2.30. The highest BCUT2D eigenvalue weighted by atomic mass is 16.3. The summed E-state index contributed by atoms with van der Waals surface area (Å²) in [6.07, 6.45) is 5.13. The maximum absolute atomic E-state index is 12.3. The number of hydrogen-bond acceptors (Lipinski definition) is 4. The Labute approximate surface area is 146 Å². The predicted octanol–water partition coefficient (Wildman–Crippen LogP) is 2.01. The van der Waals surface area contributed by atoms with Crippen LogP contribution in [0.5, 0.6) is 0 Å². The Kier molecular flexibility index (Phi) is 5.18. The van der Waals surface area contributed by atoms with Crippen molar-refractivity contribution in [3.63, 3.8) is 0 Å². The van der Waals surface area contributed by atoms with E-state index in [1.165, 1.54) is 0 Å². The molecule has 2 N–H and O–H groups in total. The molecule has 1 amide bonds. The van der Waals surface area contributed by atoms with Crippen molar-refractivity contribution < 1.29 is 9.90 Å². The molecule has 1 heterocycles. The Morgan fingerprint density at radius 2 is 2.04 bits per heavy atom. The molecule has 25 heavy (non-hydrogen) atoms. The van der Waals surface area contributed by atoms with Crippen LogP contribution in [0.25, 0.3) is 10.9 Å². The Morgan fingerprint density at radius 3 is 2.80 bits per heavy atom. The normalized spacial score (nSPS) is 16.2. The number of aromatic nitrogens is 2. The lowest BCUT2D eigenvalue weighted by atomic mass is 10.0. The molecule has 1 aliphatic carbocycles. The highest BCUT2D eigenvalue weighted by molar-refractivity contribution is 5.77. The summed E-state index contributed by atoms with van der Waals surface area (Å²) in [7, 11) is 1.74. The van der Waals surface area contributed by atoms with Gasteiger partial charge in [0.1, 0.15) is 5.82 Å². The number of carbonyl (C=O) groups excluding carboxylic acids is 1. The largest absolute Gasteiger partial charge is 0.388 e. The van der Waals surface area contributed by atoms with Crippen LogP contribution in [0.4, 0.5) is 0 Å². The SMILES string of the molecule is CN(CC1(O)CCCC1)C(=O)CCCc1nc2ccccc2c(=O)[nH]1. The number of para-hydroxylation sites is 1. The van der Waals surface area contributed by atoms with Gasteiger partial charge in [-0.05, 0) is 31.4 Å². The van der Waals surface area contributed by atoms with Gasteiger partial charge in [0.2, 0.25) is 5.91 Å². The van der Waals surface area contributed by atoms with Crippen LogP contribution in [0, 0.1) is 0 Å². The summed E-state index contributed by atoms with van der Waals surface area (Å²) in [4.78, 5) is 33.2. The lowest BCUT2D eigenvalue weighted by molar-refractivity contribution is -0.133. The number of benzene rings is 1. The second kappa shape index (κ2) is 7.35. The highest BCUT2D eigenvalue weighted by Gasteiger charge is 2.33. The van der Waals surface area contributed by atoms with Gasteiger partial charge in [-0.3, -0.25) is 9.59 Å². The van der Waals surface area contributed by atoms with Crippen molar-refractivity contribution in [2.75, 3.05) is 13.6 Å². The number of likely N-dealkylation sites (N-methyl/N-ethyl adjacent to an activating group) is 1. The van der Waals surface area contributed by atoms with Crippen molar-refractivity contribution in [1.82, 2.24) is 14.9 Å². The Balaban J connectivity index is 1.54. The topological polar surface area (TPSA) is 86.3 Å². The molecule has 0 saturated heterocycles. The molecule has 1 fully saturated rings. The number of aliphatic hydroxyl groups is 1. The van der Waals surface area contributed by atoms with Crippen LogP contribution in [-0.4, -0.2) is 45.1 Å². The molecule has 0 radical (unpaired) electrons. The molecule has 1 aromatic heterocycles. The van der Waals surface area contributed by atoms with E-state index in [1.54, 1.807) is 18.0 Å². The summed E-state index contributed by atoms with van der Waals surface area (Å²) in [5, 5.41) is 11.0. The minimum absolute atomic E-state index is 0.0171. The number of aromatic amines is 1.